The minimum Gasteiger partial charge on any atom is -0.478 e. The zero-order valence-electron chi connectivity index (χ0n) is 11.3. The summed E-state index contributed by atoms with van der Waals surface area (Å²) in [5.74, 6) is -1.71. The van der Waals surface area contributed by atoms with Crippen molar-refractivity contribution in [1.29, 1.82) is 0 Å². The molecule has 1 atom stereocenters. The van der Waals surface area contributed by atoms with Crippen molar-refractivity contribution < 1.29 is 19.0 Å². The number of morpholine rings is 1. The molecule has 1 aliphatic rings. The number of aromatic nitrogens is 1. The van der Waals surface area contributed by atoms with Gasteiger partial charge in [0.2, 0.25) is 0 Å². The van der Waals surface area contributed by atoms with E-state index in [-0.39, 0.29) is 17.5 Å². The molecule has 1 aromatic rings. The number of halogens is 1. The van der Waals surface area contributed by atoms with E-state index in [4.69, 9.17) is 9.84 Å². The number of nitrogens with zero attached hydrogens (tertiary/aromatic N) is 2. The van der Waals surface area contributed by atoms with Gasteiger partial charge in [0.25, 0.3) is 0 Å². The Morgan fingerprint density at radius 2 is 2.50 bits per heavy atom. The number of carboxylic acids is 1. The van der Waals surface area contributed by atoms with Crippen molar-refractivity contribution >= 4 is 11.8 Å². The van der Waals surface area contributed by atoms with Gasteiger partial charge in [0.15, 0.2) is 0 Å². The number of pyridine rings is 1. The fraction of sp³-hybridized carbons (Fsp3) is 0.538. The minimum atomic E-state index is -1.21. The van der Waals surface area contributed by atoms with Gasteiger partial charge in [0.05, 0.1) is 18.9 Å². The summed E-state index contributed by atoms with van der Waals surface area (Å²) in [5, 5.41) is 11.9. The fourth-order valence-corrected chi connectivity index (χ4v) is 2.14. The first-order valence-corrected chi connectivity index (χ1v) is 6.56. The molecule has 2 rings (SSSR count). The van der Waals surface area contributed by atoms with Gasteiger partial charge >= 0.3 is 5.97 Å². The maximum absolute atomic E-state index is 13.0. The van der Waals surface area contributed by atoms with Crippen LogP contribution in [0, 0.1) is 5.82 Å². The highest BCUT2D eigenvalue weighted by atomic mass is 19.1. The number of aromatic carboxylic acids is 1. The largest absolute Gasteiger partial charge is 0.478 e. The molecule has 1 unspecified atom stereocenters. The van der Waals surface area contributed by atoms with Crippen molar-refractivity contribution in [2.75, 3.05) is 38.1 Å². The quantitative estimate of drug-likeness (QED) is 0.841. The van der Waals surface area contributed by atoms with E-state index >= 15 is 0 Å². The Morgan fingerprint density at radius 3 is 3.20 bits per heavy atom. The van der Waals surface area contributed by atoms with E-state index in [2.05, 4.69) is 22.1 Å². The lowest BCUT2D eigenvalue weighted by molar-refractivity contribution is -0.0192. The molecule has 1 fully saturated rings. The number of likely N-dealkylation sites (N-methyl/N-ethyl adjacent to an activating group) is 1. The second-order valence-electron chi connectivity index (χ2n) is 4.62. The van der Waals surface area contributed by atoms with E-state index in [0.29, 0.717) is 13.2 Å². The van der Waals surface area contributed by atoms with Crippen molar-refractivity contribution in [1.82, 2.24) is 9.88 Å². The SMILES string of the molecule is CCN1CCOC(CNc2ncc(F)cc2C(=O)O)C1. The zero-order valence-corrected chi connectivity index (χ0v) is 11.3. The topological polar surface area (TPSA) is 74.7 Å². The molecule has 0 amide bonds. The smallest absolute Gasteiger partial charge is 0.339 e. The highest BCUT2D eigenvalue weighted by Gasteiger charge is 2.20. The number of ether oxygens (including phenoxy) is 1. The van der Waals surface area contributed by atoms with Crippen LogP contribution in [0.3, 0.4) is 0 Å². The van der Waals surface area contributed by atoms with Gasteiger partial charge < -0.3 is 15.2 Å². The summed E-state index contributed by atoms with van der Waals surface area (Å²) in [6.07, 6.45) is 0.965. The summed E-state index contributed by atoms with van der Waals surface area (Å²) in [5.41, 5.74) is -0.173. The third kappa shape index (κ3) is 3.64. The van der Waals surface area contributed by atoms with Crippen LogP contribution in [-0.4, -0.2) is 59.8 Å². The zero-order chi connectivity index (χ0) is 14.5. The number of nitrogens with one attached hydrogen (secondary N) is 1. The van der Waals surface area contributed by atoms with E-state index < -0.39 is 11.8 Å². The highest BCUT2D eigenvalue weighted by molar-refractivity contribution is 5.93. The van der Waals surface area contributed by atoms with Gasteiger partial charge in [0.1, 0.15) is 17.2 Å². The second-order valence-corrected chi connectivity index (χ2v) is 4.62. The Bertz CT molecular complexity index is 484. The van der Waals surface area contributed by atoms with Crippen LogP contribution in [0.15, 0.2) is 12.3 Å². The summed E-state index contributed by atoms with van der Waals surface area (Å²) in [7, 11) is 0. The Kier molecular flexibility index (Phi) is 4.86. The first-order valence-electron chi connectivity index (χ1n) is 6.56. The summed E-state index contributed by atoms with van der Waals surface area (Å²) >= 11 is 0. The molecular formula is C13H18FN3O3. The summed E-state index contributed by atoms with van der Waals surface area (Å²) < 4.78 is 18.6. The average Bonchev–Trinajstić information content (AvgIpc) is 2.46. The maximum Gasteiger partial charge on any atom is 0.339 e. The predicted molar refractivity (Wildman–Crippen MR) is 71.5 cm³/mol. The lowest BCUT2D eigenvalue weighted by Gasteiger charge is -2.32. The first kappa shape index (κ1) is 14.7. The molecule has 0 saturated carbocycles. The van der Waals surface area contributed by atoms with Gasteiger partial charge in [-0.15, -0.1) is 0 Å². The Morgan fingerprint density at radius 1 is 1.70 bits per heavy atom. The van der Waals surface area contributed by atoms with Gasteiger partial charge in [0, 0.05) is 19.6 Å². The van der Waals surface area contributed by atoms with Crippen LogP contribution in [0.4, 0.5) is 10.2 Å². The number of hydrogen-bond donors (Lipinski definition) is 2. The van der Waals surface area contributed by atoms with Gasteiger partial charge in [-0.25, -0.2) is 14.2 Å². The molecule has 110 valence electrons. The standard InChI is InChI=1S/C13H18FN3O3/c1-2-17-3-4-20-10(8-17)7-16-12-11(13(18)19)5-9(14)6-15-12/h5-6,10H,2-4,7-8H2,1H3,(H,15,16)(H,18,19). The molecule has 0 bridgehead atoms. The summed E-state index contributed by atoms with van der Waals surface area (Å²) in [6, 6.07) is 0.956. The maximum atomic E-state index is 13.0. The molecule has 0 radical (unpaired) electrons. The van der Waals surface area contributed by atoms with Crippen LogP contribution in [0.2, 0.25) is 0 Å². The Hall–Kier alpha value is -1.73. The van der Waals surface area contributed by atoms with Crippen molar-refractivity contribution in [3.8, 4) is 0 Å². The molecule has 2 N–H and O–H groups in total. The third-order valence-electron chi connectivity index (χ3n) is 3.25. The molecule has 20 heavy (non-hydrogen) atoms. The molecule has 1 saturated heterocycles. The number of carbonyl (C=O) groups is 1. The molecule has 6 nitrogen and oxygen atoms in total. The van der Waals surface area contributed by atoms with Gasteiger partial charge in [-0.05, 0) is 12.6 Å². The second kappa shape index (κ2) is 6.62. The number of carboxylic acid groups (broad SMARTS) is 1. The monoisotopic (exact) mass is 283 g/mol. The molecule has 1 aromatic heterocycles. The predicted octanol–water partition coefficient (Wildman–Crippen LogP) is 1.05. The van der Waals surface area contributed by atoms with Gasteiger partial charge in [-0.2, -0.15) is 0 Å². The van der Waals surface area contributed by atoms with E-state index in [1.807, 2.05) is 0 Å². The Labute approximate surface area is 116 Å². The lowest BCUT2D eigenvalue weighted by atomic mass is 10.2. The van der Waals surface area contributed by atoms with Gasteiger partial charge in [-0.1, -0.05) is 6.92 Å². The normalized spacial score (nSPS) is 19.8. The van der Waals surface area contributed by atoms with Crippen LogP contribution in [0.25, 0.3) is 0 Å². The molecule has 7 heteroatoms. The molecule has 2 heterocycles. The first-order chi connectivity index (χ1) is 9.60. The van der Waals surface area contributed by atoms with Crippen LogP contribution >= 0.6 is 0 Å². The summed E-state index contributed by atoms with van der Waals surface area (Å²) in [4.78, 5) is 17.1. The number of anilines is 1. The lowest BCUT2D eigenvalue weighted by Crippen LogP contribution is -2.45. The van der Waals surface area contributed by atoms with Crippen molar-refractivity contribution in [3.63, 3.8) is 0 Å². The molecule has 0 aliphatic carbocycles. The van der Waals surface area contributed by atoms with Gasteiger partial charge in [-0.3, -0.25) is 4.90 Å². The number of rotatable bonds is 5. The third-order valence-corrected chi connectivity index (χ3v) is 3.25. The average molecular weight is 283 g/mol. The summed E-state index contributed by atoms with van der Waals surface area (Å²) in [6.45, 7) is 5.82. The molecule has 0 aromatic carbocycles. The molecule has 1 aliphatic heterocycles. The van der Waals surface area contributed by atoms with E-state index in [1.54, 1.807) is 0 Å². The molecular weight excluding hydrogens is 265 g/mol. The highest BCUT2D eigenvalue weighted by Crippen LogP contribution is 2.14. The van der Waals surface area contributed by atoms with Crippen LogP contribution in [-0.2, 0) is 4.74 Å². The molecule has 0 spiro atoms. The van der Waals surface area contributed by atoms with Crippen LogP contribution in [0.5, 0.6) is 0 Å². The van der Waals surface area contributed by atoms with Crippen molar-refractivity contribution in [3.05, 3.63) is 23.6 Å². The Balaban J connectivity index is 1.98. The van der Waals surface area contributed by atoms with Crippen LogP contribution in [0.1, 0.15) is 17.3 Å². The van der Waals surface area contributed by atoms with E-state index in [1.165, 1.54) is 0 Å². The van der Waals surface area contributed by atoms with E-state index in [0.717, 1.165) is 31.9 Å². The van der Waals surface area contributed by atoms with Crippen molar-refractivity contribution in [2.45, 2.75) is 13.0 Å². The van der Waals surface area contributed by atoms with E-state index in [9.17, 15) is 9.18 Å². The van der Waals surface area contributed by atoms with Crippen LogP contribution < -0.4 is 5.32 Å². The number of hydrogen-bond acceptors (Lipinski definition) is 5. The minimum absolute atomic E-state index is 0.0304. The fourth-order valence-electron chi connectivity index (χ4n) is 2.14. The van der Waals surface area contributed by atoms with Crippen molar-refractivity contribution in [2.24, 2.45) is 0 Å².